The minimum atomic E-state index is 0.970. The summed E-state index contributed by atoms with van der Waals surface area (Å²) in [5, 5.41) is 6.76. The smallest absolute Gasteiger partial charge is 0.0570 e. The molecule has 0 saturated heterocycles. The van der Waals surface area contributed by atoms with Crippen LogP contribution in [0.2, 0.25) is 0 Å². The molecule has 17 heavy (non-hydrogen) atoms. The summed E-state index contributed by atoms with van der Waals surface area (Å²) in [5.41, 5.74) is 5.00. The first-order valence-corrected chi connectivity index (χ1v) is 5.91. The van der Waals surface area contributed by atoms with Crippen LogP contribution in [-0.4, -0.2) is 11.5 Å². The Morgan fingerprint density at radius 1 is 1.12 bits per heavy atom. The van der Waals surface area contributed by atoms with Crippen molar-refractivity contribution in [2.24, 2.45) is 0 Å². The highest BCUT2D eigenvalue weighted by Crippen LogP contribution is 2.21. The molecule has 2 heterocycles. The van der Waals surface area contributed by atoms with Crippen LogP contribution in [0.15, 0.2) is 42.7 Å². The first kappa shape index (κ1) is 10.3. The van der Waals surface area contributed by atoms with Crippen molar-refractivity contribution in [3.8, 4) is 0 Å². The molecule has 0 fully saturated rings. The zero-order valence-corrected chi connectivity index (χ0v) is 9.61. The van der Waals surface area contributed by atoms with Crippen LogP contribution in [0.25, 0.3) is 0 Å². The van der Waals surface area contributed by atoms with Crippen molar-refractivity contribution in [2.75, 3.05) is 11.9 Å². The van der Waals surface area contributed by atoms with Gasteiger partial charge in [-0.25, -0.2) is 0 Å². The first-order valence-electron chi connectivity index (χ1n) is 5.91. The summed E-state index contributed by atoms with van der Waals surface area (Å²) in [5.74, 6) is 0. The second-order valence-corrected chi connectivity index (χ2v) is 4.28. The molecule has 0 radical (unpaired) electrons. The van der Waals surface area contributed by atoms with Gasteiger partial charge >= 0.3 is 0 Å². The van der Waals surface area contributed by atoms with Gasteiger partial charge in [-0.1, -0.05) is 6.07 Å². The fourth-order valence-corrected chi connectivity index (χ4v) is 2.16. The molecule has 0 spiro atoms. The van der Waals surface area contributed by atoms with E-state index >= 15 is 0 Å². The van der Waals surface area contributed by atoms with Crippen molar-refractivity contribution in [3.05, 3.63) is 53.9 Å². The summed E-state index contributed by atoms with van der Waals surface area (Å²) >= 11 is 0. The third kappa shape index (κ3) is 2.29. The van der Waals surface area contributed by atoms with E-state index in [-0.39, 0.29) is 0 Å². The Morgan fingerprint density at radius 3 is 3.00 bits per heavy atom. The Morgan fingerprint density at radius 2 is 2.12 bits per heavy atom. The molecule has 1 aliphatic rings. The van der Waals surface area contributed by atoms with E-state index in [0.29, 0.717) is 0 Å². The lowest BCUT2D eigenvalue weighted by Crippen LogP contribution is -2.23. The van der Waals surface area contributed by atoms with Gasteiger partial charge in [0.1, 0.15) is 0 Å². The van der Waals surface area contributed by atoms with Gasteiger partial charge in [0.2, 0.25) is 0 Å². The average Bonchev–Trinajstić information content (AvgIpc) is 2.40. The molecule has 1 aromatic heterocycles. The van der Waals surface area contributed by atoms with Crippen molar-refractivity contribution >= 4 is 11.4 Å². The molecule has 0 amide bonds. The van der Waals surface area contributed by atoms with E-state index in [9.17, 15) is 0 Å². The largest absolute Gasteiger partial charge is 0.354 e. The molecular formula is C14H15N3. The van der Waals surface area contributed by atoms with Gasteiger partial charge in [0.25, 0.3) is 0 Å². The Bertz CT molecular complexity index is 508. The van der Waals surface area contributed by atoms with Crippen molar-refractivity contribution in [1.29, 1.82) is 0 Å². The van der Waals surface area contributed by atoms with E-state index in [1.807, 2.05) is 18.3 Å². The number of aromatic nitrogens is 1. The summed E-state index contributed by atoms with van der Waals surface area (Å²) < 4.78 is 0. The number of benzene rings is 1. The van der Waals surface area contributed by atoms with Crippen LogP contribution in [0, 0.1) is 0 Å². The van der Waals surface area contributed by atoms with Crippen molar-refractivity contribution in [1.82, 2.24) is 10.3 Å². The van der Waals surface area contributed by atoms with Crippen molar-refractivity contribution in [2.45, 2.75) is 13.0 Å². The molecule has 3 nitrogen and oxygen atoms in total. The average molecular weight is 225 g/mol. The molecular weight excluding hydrogens is 210 g/mol. The summed E-state index contributed by atoms with van der Waals surface area (Å²) in [6.07, 6.45) is 4.74. The molecule has 1 aliphatic heterocycles. The van der Waals surface area contributed by atoms with E-state index in [0.717, 1.165) is 30.9 Å². The topological polar surface area (TPSA) is 37.0 Å². The van der Waals surface area contributed by atoms with Crippen molar-refractivity contribution in [3.63, 3.8) is 0 Å². The monoisotopic (exact) mass is 225 g/mol. The van der Waals surface area contributed by atoms with Gasteiger partial charge in [-0.05, 0) is 48.4 Å². The third-order valence-corrected chi connectivity index (χ3v) is 3.04. The zero-order chi connectivity index (χ0) is 11.5. The van der Waals surface area contributed by atoms with Crippen LogP contribution in [0.3, 0.4) is 0 Å². The SMILES string of the molecule is c1cncc(Nc2ccc3c(c2)CNCC3)c1. The Hall–Kier alpha value is -1.87. The Balaban J connectivity index is 1.84. The minimum absolute atomic E-state index is 0.970. The van der Waals surface area contributed by atoms with Gasteiger partial charge in [0.15, 0.2) is 0 Å². The number of nitrogens with one attached hydrogen (secondary N) is 2. The number of rotatable bonds is 2. The van der Waals surface area contributed by atoms with Gasteiger partial charge in [-0.2, -0.15) is 0 Å². The molecule has 0 bridgehead atoms. The number of anilines is 2. The molecule has 1 aromatic carbocycles. The molecule has 86 valence electrons. The van der Waals surface area contributed by atoms with E-state index in [2.05, 4.69) is 33.8 Å². The van der Waals surface area contributed by atoms with Crippen LogP contribution in [0.5, 0.6) is 0 Å². The fourth-order valence-electron chi connectivity index (χ4n) is 2.16. The molecule has 2 aromatic rings. The van der Waals surface area contributed by atoms with Crippen LogP contribution in [0.1, 0.15) is 11.1 Å². The molecule has 0 atom stereocenters. The van der Waals surface area contributed by atoms with Crippen LogP contribution in [0.4, 0.5) is 11.4 Å². The summed E-state index contributed by atoms with van der Waals surface area (Å²) in [7, 11) is 0. The molecule has 3 rings (SSSR count). The highest BCUT2D eigenvalue weighted by Gasteiger charge is 2.08. The Kier molecular flexibility index (Phi) is 2.76. The van der Waals surface area contributed by atoms with Gasteiger partial charge < -0.3 is 10.6 Å². The molecule has 0 saturated carbocycles. The van der Waals surface area contributed by atoms with Gasteiger partial charge in [0.05, 0.1) is 11.9 Å². The quantitative estimate of drug-likeness (QED) is 0.824. The number of nitrogens with zero attached hydrogens (tertiary/aromatic N) is 1. The van der Waals surface area contributed by atoms with E-state index in [1.165, 1.54) is 11.1 Å². The number of pyridine rings is 1. The molecule has 2 N–H and O–H groups in total. The fraction of sp³-hybridized carbons (Fsp3) is 0.214. The maximum atomic E-state index is 4.09. The number of hydrogen-bond donors (Lipinski definition) is 2. The summed E-state index contributed by atoms with van der Waals surface area (Å²) in [4.78, 5) is 4.09. The van der Waals surface area contributed by atoms with E-state index in [4.69, 9.17) is 0 Å². The summed E-state index contributed by atoms with van der Waals surface area (Å²) in [6.45, 7) is 2.06. The van der Waals surface area contributed by atoms with Crippen LogP contribution >= 0.6 is 0 Å². The highest BCUT2D eigenvalue weighted by molar-refractivity contribution is 5.60. The van der Waals surface area contributed by atoms with Gasteiger partial charge in [-0.3, -0.25) is 4.98 Å². The van der Waals surface area contributed by atoms with Crippen LogP contribution < -0.4 is 10.6 Å². The Labute approximate surface area is 101 Å². The predicted octanol–water partition coefficient (Wildman–Crippen LogP) is 2.47. The third-order valence-electron chi connectivity index (χ3n) is 3.04. The molecule has 0 aliphatic carbocycles. The van der Waals surface area contributed by atoms with Gasteiger partial charge in [0, 0.05) is 18.4 Å². The van der Waals surface area contributed by atoms with Crippen molar-refractivity contribution < 1.29 is 0 Å². The first-order chi connectivity index (χ1) is 8.42. The molecule has 0 unspecified atom stereocenters. The van der Waals surface area contributed by atoms with E-state index < -0.39 is 0 Å². The van der Waals surface area contributed by atoms with Gasteiger partial charge in [-0.15, -0.1) is 0 Å². The van der Waals surface area contributed by atoms with E-state index in [1.54, 1.807) is 6.20 Å². The second-order valence-electron chi connectivity index (χ2n) is 4.28. The minimum Gasteiger partial charge on any atom is -0.354 e. The lowest BCUT2D eigenvalue weighted by molar-refractivity contribution is 0.644. The van der Waals surface area contributed by atoms with Crippen LogP contribution in [-0.2, 0) is 13.0 Å². The second kappa shape index (κ2) is 4.55. The zero-order valence-electron chi connectivity index (χ0n) is 9.61. The molecule has 3 heteroatoms. The number of hydrogen-bond acceptors (Lipinski definition) is 3. The number of fused-ring (bicyclic) bond motifs is 1. The predicted molar refractivity (Wildman–Crippen MR) is 69.4 cm³/mol. The summed E-state index contributed by atoms with van der Waals surface area (Å²) in [6, 6.07) is 10.5. The maximum absolute atomic E-state index is 4.09. The normalized spacial score (nSPS) is 14.1. The maximum Gasteiger partial charge on any atom is 0.0570 e. The standard InChI is InChI=1S/C14H15N3/c1-2-14(10-15-6-1)17-13-4-3-11-5-7-16-9-12(11)8-13/h1-4,6,8,10,16-17H,5,7,9H2. The highest BCUT2D eigenvalue weighted by atomic mass is 14.9. The lowest BCUT2D eigenvalue weighted by Gasteiger charge is -2.18. The lowest BCUT2D eigenvalue weighted by atomic mass is 10.0.